The minimum absolute atomic E-state index is 0.110. The minimum atomic E-state index is -0.110. The zero-order valence-electron chi connectivity index (χ0n) is 11.1. The Morgan fingerprint density at radius 3 is 2.71 bits per heavy atom. The molecule has 2 aromatic rings. The summed E-state index contributed by atoms with van der Waals surface area (Å²) in [6, 6.07) is 9.17. The van der Waals surface area contributed by atoms with Gasteiger partial charge in [0.15, 0.2) is 0 Å². The number of halogens is 3. The average molecular weight is 337 g/mol. The van der Waals surface area contributed by atoms with Crippen LogP contribution in [0.1, 0.15) is 23.5 Å². The largest absolute Gasteiger partial charge is 0.264 e. The maximum atomic E-state index is 6.31. The highest BCUT2D eigenvalue weighted by Crippen LogP contribution is 2.39. The number of terminal acetylenes is 1. The van der Waals surface area contributed by atoms with E-state index in [9.17, 15) is 0 Å². The van der Waals surface area contributed by atoms with Gasteiger partial charge in [-0.05, 0) is 34.9 Å². The number of hydrogen-bond donors (Lipinski definition) is 0. The first-order valence-corrected chi connectivity index (χ1v) is 7.45. The van der Waals surface area contributed by atoms with Gasteiger partial charge in [0.05, 0.1) is 0 Å². The number of rotatable bonds is 4. The maximum absolute atomic E-state index is 6.31. The summed E-state index contributed by atoms with van der Waals surface area (Å²) in [6.45, 7) is 0. The Kier molecular flexibility index (Phi) is 5.70. The van der Waals surface area contributed by atoms with Gasteiger partial charge >= 0.3 is 0 Å². The minimum Gasteiger partial charge on any atom is -0.264 e. The molecule has 0 amide bonds. The monoisotopic (exact) mass is 335 g/mol. The molecule has 106 valence electrons. The highest BCUT2D eigenvalue weighted by molar-refractivity contribution is 6.35. The van der Waals surface area contributed by atoms with E-state index in [0.717, 1.165) is 16.7 Å². The number of aromatic nitrogens is 1. The molecule has 0 saturated carbocycles. The van der Waals surface area contributed by atoms with Crippen molar-refractivity contribution >= 4 is 40.4 Å². The lowest BCUT2D eigenvalue weighted by atomic mass is 9.86. The first-order chi connectivity index (χ1) is 10.2. The number of hydrogen-bond acceptors (Lipinski definition) is 1. The number of benzene rings is 1. The van der Waals surface area contributed by atoms with Gasteiger partial charge < -0.3 is 0 Å². The fourth-order valence-electron chi connectivity index (χ4n) is 2.16. The lowest BCUT2D eigenvalue weighted by Gasteiger charge is -2.20. The van der Waals surface area contributed by atoms with Crippen molar-refractivity contribution in [2.75, 3.05) is 0 Å². The highest BCUT2D eigenvalue weighted by atomic mass is 35.5. The highest BCUT2D eigenvalue weighted by Gasteiger charge is 2.20. The zero-order chi connectivity index (χ0) is 15.2. The van der Waals surface area contributed by atoms with E-state index in [1.54, 1.807) is 24.5 Å². The van der Waals surface area contributed by atoms with Gasteiger partial charge in [-0.2, -0.15) is 0 Å². The Labute approximate surface area is 139 Å². The van der Waals surface area contributed by atoms with Gasteiger partial charge in [-0.3, -0.25) is 4.98 Å². The number of allylic oxidation sites excluding steroid dienone is 1. The topological polar surface area (TPSA) is 12.9 Å². The van der Waals surface area contributed by atoms with Crippen molar-refractivity contribution in [3.63, 3.8) is 0 Å². The summed E-state index contributed by atoms with van der Waals surface area (Å²) in [5, 5.41) is 1.16. The van der Waals surface area contributed by atoms with Crippen LogP contribution in [0.15, 0.2) is 48.3 Å². The fourth-order valence-corrected chi connectivity index (χ4v) is 2.98. The van der Waals surface area contributed by atoms with E-state index < -0.39 is 0 Å². The van der Waals surface area contributed by atoms with E-state index in [1.165, 1.54) is 5.54 Å². The van der Waals surface area contributed by atoms with Crippen LogP contribution in [0.2, 0.25) is 10.0 Å². The molecule has 0 spiro atoms. The van der Waals surface area contributed by atoms with Crippen LogP contribution in [-0.4, -0.2) is 4.98 Å². The molecule has 0 aliphatic rings. The van der Waals surface area contributed by atoms with E-state index in [0.29, 0.717) is 16.5 Å². The van der Waals surface area contributed by atoms with Gasteiger partial charge in [0, 0.05) is 40.3 Å². The van der Waals surface area contributed by atoms with Crippen molar-refractivity contribution < 1.29 is 0 Å². The molecule has 1 unspecified atom stereocenters. The molecule has 0 N–H and O–H groups in total. The molecule has 0 saturated heterocycles. The third-order valence-corrected chi connectivity index (χ3v) is 3.95. The summed E-state index contributed by atoms with van der Waals surface area (Å²) in [5.41, 5.74) is 4.23. The number of nitrogens with zero attached hydrogens (tertiary/aromatic N) is 1. The quantitative estimate of drug-likeness (QED) is 0.645. The van der Waals surface area contributed by atoms with Crippen LogP contribution < -0.4 is 0 Å². The molecule has 1 heterocycles. The van der Waals surface area contributed by atoms with Crippen molar-refractivity contribution in [3.8, 4) is 12.3 Å². The standard InChI is InChI=1S/C17H12Cl3N/c1-2-4-14(15-7-6-13(19)9-17(15)20)16(10-18)12-5-3-8-21-11-12/h1,3,5-11,14H,4H2/b16-10+. The fraction of sp³-hybridized carbons (Fsp3) is 0.118. The second kappa shape index (κ2) is 7.52. The molecule has 0 aliphatic heterocycles. The molecule has 1 atom stereocenters. The van der Waals surface area contributed by atoms with Crippen LogP contribution in [0.25, 0.3) is 5.57 Å². The van der Waals surface area contributed by atoms with Crippen molar-refractivity contribution in [1.82, 2.24) is 4.98 Å². The summed E-state index contributed by atoms with van der Waals surface area (Å²) in [7, 11) is 0. The van der Waals surface area contributed by atoms with Gasteiger partial charge in [0.2, 0.25) is 0 Å². The van der Waals surface area contributed by atoms with Crippen LogP contribution in [-0.2, 0) is 0 Å². The second-order valence-corrected chi connectivity index (χ2v) is 5.49. The predicted octanol–water partition coefficient (Wildman–Crippen LogP) is 5.78. The first kappa shape index (κ1) is 15.9. The van der Waals surface area contributed by atoms with Crippen LogP contribution in [0.5, 0.6) is 0 Å². The number of pyridine rings is 1. The Balaban J connectivity index is 2.50. The van der Waals surface area contributed by atoms with E-state index in [2.05, 4.69) is 10.9 Å². The van der Waals surface area contributed by atoms with Gasteiger partial charge in [0.1, 0.15) is 0 Å². The summed E-state index contributed by atoms with van der Waals surface area (Å²) < 4.78 is 0. The molecule has 1 nitrogen and oxygen atoms in total. The molecular formula is C17H12Cl3N. The van der Waals surface area contributed by atoms with Gasteiger partial charge in [-0.1, -0.05) is 46.9 Å². The summed E-state index contributed by atoms with van der Waals surface area (Å²) >= 11 is 18.3. The lowest BCUT2D eigenvalue weighted by molar-refractivity contribution is 0.903. The van der Waals surface area contributed by atoms with E-state index >= 15 is 0 Å². The molecule has 4 heteroatoms. The Morgan fingerprint density at radius 2 is 2.14 bits per heavy atom. The maximum Gasteiger partial charge on any atom is 0.0459 e. The average Bonchev–Trinajstić information content (AvgIpc) is 2.48. The second-order valence-electron chi connectivity index (χ2n) is 4.43. The summed E-state index contributed by atoms with van der Waals surface area (Å²) in [4.78, 5) is 4.12. The Morgan fingerprint density at radius 1 is 1.33 bits per heavy atom. The molecule has 1 aromatic carbocycles. The lowest BCUT2D eigenvalue weighted by Crippen LogP contribution is -2.03. The van der Waals surface area contributed by atoms with Crippen LogP contribution in [0.3, 0.4) is 0 Å². The molecule has 0 aliphatic carbocycles. The van der Waals surface area contributed by atoms with Crippen LogP contribution in [0, 0.1) is 12.3 Å². The molecule has 21 heavy (non-hydrogen) atoms. The van der Waals surface area contributed by atoms with Gasteiger partial charge in [-0.25, -0.2) is 0 Å². The normalized spacial score (nSPS) is 12.8. The molecule has 0 fully saturated rings. The van der Waals surface area contributed by atoms with Crippen molar-refractivity contribution in [2.45, 2.75) is 12.3 Å². The van der Waals surface area contributed by atoms with E-state index in [4.69, 9.17) is 41.2 Å². The molecular weight excluding hydrogens is 325 g/mol. The zero-order valence-corrected chi connectivity index (χ0v) is 13.3. The molecule has 0 radical (unpaired) electrons. The van der Waals surface area contributed by atoms with Crippen molar-refractivity contribution in [2.24, 2.45) is 0 Å². The molecule has 0 bridgehead atoms. The smallest absolute Gasteiger partial charge is 0.0459 e. The van der Waals surface area contributed by atoms with Crippen LogP contribution >= 0.6 is 34.8 Å². The first-order valence-electron chi connectivity index (χ1n) is 6.26. The SMILES string of the molecule is C#CCC(/C(=C/Cl)c1cccnc1)c1ccc(Cl)cc1Cl. The van der Waals surface area contributed by atoms with Crippen molar-refractivity contribution in [1.29, 1.82) is 0 Å². The Bertz CT molecular complexity index is 687. The van der Waals surface area contributed by atoms with Crippen LogP contribution in [0.4, 0.5) is 0 Å². The Hall–Kier alpha value is -1.46. The molecule has 1 aromatic heterocycles. The third kappa shape index (κ3) is 3.80. The summed E-state index contributed by atoms with van der Waals surface area (Å²) in [6.07, 6.45) is 9.45. The third-order valence-electron chi connectivity index (χ3n) is 3.15. The summed E-state index contributed by atoms with van der Waals surface area (Å²) in [5.74, 6) is 2.57. The van der Waals surface area contributed by atoms with Crippen molar-refractivity contribution in [3.05, 3.63) is 69.4 Å². The van der Waals surface area contributed by atoms with E-state index in [-0.39, 0.29) is 5.92 Å². The van der Waals surface area contributed by atoms with Gasteiger partial charge in [-0.15, -0.1) is 12.3 Å². The van der Waals surface area contributed by atoms with E-state index in [1.807, 2.05) is 18.2 Å². The molecule has 2 rings (SSSR count). The predicted molar refractivity (Wildman–Crippen MR) is 90.7 cm³/mol. The van der Waals surface area contributed by atoms with Gasteiger partial charge in [0.25, 0.3) is 0 Å².